The molecule has 0 radical (unpaired) electrons. The molecular weight excluding hydrogens is 461 g/mol. The minimum atomic E-state index is -0.659. The van der Waals surface area contributed by atoms with Crippen LogP contribution < -0.4 is 4.90 Å². The van der Waals surface area contributed by atoms with E-state index in [-0.39, 0.29) is 29.4 Å². The van der Waals surface area contributed by atoms with Gasteiger partial charge in [0.2, 0.25) is 5.95 Å². The number of halogens is 1. The van der Waals surface area contributed by atoms with Crippen molar-refractivity contribution in [1.82, 2.24) is 39.6 Å². The van der Waals surface area contributed by atoms with Gasteiger partial charge in [-0.1, -0.05) is 0 Å². The van der Waals surface area contributed by atoms with Crippen LogP contribution in [0, 0.1) is 24.1 Å². The standard InChI is InChI=1S/C20H20FN11OS/c1-12-10-23-18(34-12)14-3-4-25-32(14)20(33)31-7-5-30(6-8-31)19-24-11-13(21)16(27-19)17-26-15(9-22)28-29(17)2/h4,10-11,14H,3,5-8H2,1-2H3/t14-/m0/s1. The van der Waals surface area contributed by atoms with Crippen LogP contribution in [-0.2, 0) is 7.05 Å². The highest BCUT2D eigenvalue weighted by Gasteiger charge is 2.35. The van der Waals surface area contributed by atoms with Crippen molar-refractivity contribution in [3.8, 4) is 17.6 Å². The molecule has 3 aromatic rings. The Labute approximate surface area is 198 Å². The van der Waals surface area contributed by atoms with Crippen LogP contribution >= 0.6 is 11.3 Å². The number of hydrazone groups is 1. The number of hydrogen-bond donors (Lipinski definition) is 0. The van der Waals surface area contributed by atoms with E-state index >= 15 is 0 Å². The normalized spacial score (nSPS) is 17.9. The predicted octanol–water partition coefficient (Wildman–Crippen LogP) is 1.72. The van der Waals surface area contributed by atoms with Crippen LogP contribution in [0.5, 0.6) is 0 Å². The third-order valence-corrected chi connectivity index (χ3v) is 6.60. The van der Waals surface area contributed by atoms with E-state index in [9.17, 15) is 9.18 Å². The van der Waals surface area contributed by atoms with Crippen LogP contribution in [0.4, 0.5) is 15.1 Å². The number of nitriles is 1. The first-order valence-corrected chi connectivity index (χ1v) is 11.4. The summed E-state index contributed by atoms with van der Waals surface area (Å²) in [5.74, 6) is -0.268. The minimum Gasteiger partial charge on any atom is -0.337 e. The van der Waals surface area contributed by atoms with Crippen LogP contribution in [0.25, 0.3) is 11.5 Å². The van der Waals surface area contributed by atoms with Gasteiger partial charge in [0, 0.05) is 56.9 Å². The van der Waals surface area contributed by atoms with Gasteiger partial charge in [0.05, 0.1) is 6.20 Å². The second-order valence-electron chi connectivity index (χ2n) is 7.82. The van der Waals surface area contributed by atoms with Gasteiger partial charge in [-0.2, -0.15) is 15.3 Å². The molecule has 0 N–H and O–H groups in total. The second-order valence-corrected chi connectivity index (χ2v) is 9.09. The molecule has 0 bridgehead atoms. The Morgan fingerprint density at radius 1 is 1.21 bits per heavy atom. The van der Waals surface area contributed by atoms with E-state index < -0.39 is 5.82 Å². The molecule has 1 fully saturated rings. The van der Waals surface area contributed by atoms with Crippen molar-refractivity contribution in [2.75, 3.05) is 31.1 Å². The quantitative estimate of drug-likeness (QED) is 0.552. The molecule has 2 aliphatic rings. The summed E-state index contributed by atoms with van der Waals surface area (Å²) < 4.78 is 15.8. The van der Waals surface area contributed by atoms with Gasteiger partial charge in [-0.25, -0.2) is 33.8 Å². The molecule has 1 atom stereocenters. The number of piperazine rings is 1. The summed E-state index contributed by atoms with van der Waals surface area (Å²) in [6.45, 7) is 3.80. The summed E-state index contributed by atoms with van der Waals surface area (Å²) in [6, 6.07) is 1.48. The lowest BCUT2D eigenvalue weighted by Crippen LogP contribution is -2.52. The molecule has 1 saturated heterocycles. The van der Waals surface area contributed by atoms with Crippen molar-refractivity contribution in [1.29, 1.82) is 5.26 Å². The summed E-state index contributed by atoms with van der Waals surface area (Å²) >= 11 is 1.57. The van der Waals surface area contributed by atoms with Crippen LogP contribution in [-0.4, -0.2) is 78.0 Å². The van der Waals surface area contributed by atoms with E-state index in [2.05, 4.69) is 30.1 Å². The lowest BCUT2D eigenvalue weighted by Gasteiger charge is -2.36. The second kappa shape index (κ2) is 8.75. The summed E-state index contributed by atoms with van der Waals surface area (Å²) in [7, 11) is 1.57. The summed E-state index contributed by atoms with van der Waals surface area (Å²) in [4.78, 5) is 34.8. The third kappa shape index (κ3) is 3.94. The Morgan fingerprint density at radius 3 is 2.68 bits per heavy atom. The number of carbonyl (C=O) groups is 1. The molecule has 0 saturated carbocycles. The zero-order valence-corrected chi connectivity index (χ0v) is 19.3. The number of carbonyl (C=O) groups excluding carboxylic acids is 1. The maximum absolute atomic E-state index is 14.5. The first-order valence-electron chi connectivity index (χ1n) is 10.6. The lowest BCUT2D eigenvalue weighted by molar-refractivity contribution is 0.139. The molecule has 0 spiro atoms. The van der Waals surface area contributed by atoms with Gasteiger partial charge in [-0.05, 0) is 6.92 Å². The number of rotatable bonds is 3. The molecule has 5 heterocycles. The minimum absolute atomic E-state index is 0.0343. The summed E-state index contributed by atoms with van der Waals surface area (Å²) in [6.07, 6.45) is 5.27. The fourth-order valence-electron chi connectivity index (χ4n) is 3.88. The molecule has 5 rings (SSSR count). The van der Waals surface area contributed by atoms with Gasteiger partial charge in [0.25, 0.3) is 5.82 Å². The number of amides is 2. The highest BCUT2D eigenvalue weighted by Crippen LogP contribution is 2.32. The monoisotopic (exact) mass is 481 g/mol. The molecule has 174 valence electrons. The lowest BCUT2D eigenvalue weighted by atomic mass is 10.2. The SMILES string of the molecule is Cc1cnc([C@@H]2CC=NN2C(=O)N2CCN(c3ncc(F)c(-c4nc(C#N)nn4C)n3)CC2)s1. The van der Waals surface area contributed by atoms with Gasteiger partial charge in [-0.15, -0.1) is 16.4 Å². The Bertz CT molecular complexity index is 1300. The van der Waals surface area contributed by atoms with E-state index in [4.69, 9.17) is 5.26 Å². The molecule has 2 aliphatic heterocycles. The van der Waals surface area contributed by atoms with Crippen molar-refractivity contribution in [3.63, 3.8) is 0 Å². The zero-order valence-electron chi connectivity index (χ0n) is 18.5. The van der Waals surface area contributed by atoms with E-state index in [1.54, 1.807) is 35.7 Å². The van der Waals surface area contributed by atoms with Crippen LogP contribution in [0.1, 0.15) is 28.2 Å². The fourth-order valence-corrected chi connectivity index (χ4v) is 4.75. The average molecular weight is 482 g/mol. The van der Waals surface area contributed by atoms with Crippen LogP contribution in [0.15, 0.2) is 17.5 Å². The highest BCUT2D eigenvalue weighted by molar-refractivity contribution is 7.11. The molecule has 0 aliphatic carbocycles. The zero-order chi connectivity index (χ0) is 23.8. The molecule has 2 amide bonds. The summed E-state index contributed by atoms with van der Waals surface area (Å²) in [5, 5.41) is 19.6. The Kier molecular flexibility index (Phi) is 5.62. The predicted molar refractivity (Wildman–Crippen MR) is 120 cm³/mol. The van der Waals surface area contributed by atoms with Crippen molar-refractivity contribution < 1.29 is 9.18 Å². The number of thiazole rings is 1. The topological polar surface area (TPSA) is 132 Å². The molecule has 12 nitrogen and oxygen atoms in total. The first-order chi connectivity index (χ1) is 16.4. The molecule has 14 heteroatoms. The Balaban J connectivity index is 1.28. The number of hydrogen-bond acceptors (Lipinski definition) is 10. The van der Waals surface area contributed by atoms with Crippen molar-refractivity contribution in [3.05, 3.63) is 33.9 Å². The molecule has 3 aromatic heterocycles. The number of aromatic nitrogens is 6. The summed E-state index contributed by atoms with van der Waals surface area (Å²) in [5.41, 5.74) is -0.0343. The maximum Gasteiger partial charge on any atom is 0.341 e. The first kappa shape index (κ1) is 21.8. The van der Waals surface area contributed by atoms with E-state index in [0.29, 0.717) is 38.5 Å². The van der Waals surface area contributed by atoms with Crippen LogP contribution in [0.3, 0.4) is 0 Å². The van der Waals surface area contributed by atoms with Crippen molar-refractivity contribution >= 4 is 29.5 Å². The van der Waals surface area contributed by atoms with E-state index in [1.807, 2.05) is 17.9 Å². The van der Waals surface area contributed by atoms with E-state index in [0.717, 1.165) is 16.1 Å². The molecule has 34 heavy (non-hydrogen) atoms. The molecule has 0 aromatic carbocycles. The van der Waals surface area contributed by atoms with Gasteiger partial charge >= 0.3 is 6.03 Å². The number of anilines is 1. The smallest absolute Gasteiger partial charge is 0.337 e. The van der Waals surface area contributed by atoms with Crippen molar-refractivity contribution in [2.24, 2.45) is 12.1 Å². The largest absolute Gasteiger partial charge is 0.341 e. The van der Waals surface area contributed by atoms with Gasteiger partial charge in [0.15, 0.2) is 11.6 Å². The average Bonchev–Trinajstić information content (AvgIpc) is 3.58. The fraction of sp³-hybridized carbons (Fsp3) is 0.400. The number of nitrogens with zero attached hydrogens (tertiary/aromatic N) is 11. The maximum atomic E-state index is 14.5. The molecular formula is C20H20FN11OS. The number of aryl methyl sites for hydroxylation is 2. The Hall–Kier alpha value is -3.99. The van der Waals surface area contributed by atoms with Gasteiger partial charge < -0.3 is 9.80 Å². The van der Waals surface area contributed by atoms with Crippen LogP contribution in [0.2, 0.25) is 0 Å². The van der Waals surface area contributed by atoms with Gasteiger partial charge in [0.1, 0.15) is 22.8 Å². The Morgan fingerprint density at radius 2 is 2.00 bits per heavy atom. The highest BCUT2D eigenvalue weighted by atomic mass is 32.1. The number of urea groups is 1. The van der Waals surface area contributed by atoms with Gasteiger partial charge in [-0.3, -0.25) is 0 Å². The third-order valence-electron chi connectivity index (χ3n) is 5.59. The molecule has 0 unspecified atom stereocenters. The van der Waals surface area contributed by atoms with Crippen molar-refractivity contribution in [2.45, 2.75) is 19.4 Å². The van der Waals surface area contributed by atoms with E-state index in [1.165, 1.54) is 9.69 Å².